The Kier molecular flexibility index (Phi) is 2.72. The van der Waals surface area contributed by atoms with Crippen LogP contribution in [0.1, 0.15) is 5.56 Å². The summed E-state index contributed by atoms with van der Waals surface area (Å²) in [6.07, 6.45) is 6.98. The van der Waals surface area contributed by atoms with Gasteiger partial charge in [0.05, 0.1) is 11.9 Å². The van der Waals surface area contributed by atoms with E-state index in [1.165, 1.54) is 0 Å². The summed E-state index contributed by atoms with van der Waals surface area (Å²) in [4.78, 5) is 8.28. The molecular formula is C14H13N5. The van der Waals surface area contributed by atoms with Crippen LogP contribution in [0.25, 0.3) is 17.1 Å². The summed E-state index contributed by atoms with van der Waals surface area (Å²) in [5.41, 5.74) is 9.45. The zero-order valence-electron chi connectivity index (χ0n) is 10.5. The van der Waals surface area contributed by atoms with Gasteiger partial charge in [-0.25, -0.2) is 9.67 Å². The molecule has 3 aromatic rings. The zero-order valence-corrected chi connectivity index (χ0v) is 10.5. The Labute approximate surface area is 110 Å². The highest BCUT2D eigenvalue weighted by Gasteiger charge is 2.10. The molecule has 0 aliphatic carbocycles. The van der Waals surface area contributed by atoms with E-state index in [-0.39, 0.29) is 0 Å². The SMILES string of the molecule is Cc1ccnc(-n2cc(N)c(-c3ccncc3)n2)c1. The average molecular weight is 251 g/mol. The van der Waals surface area contributed by atoms with Gasteiger partial charge in [0.2, 0.25) is 0 Å². The number of anilines is 1. The third kappa shape index (κ3) is 2.18. The number of nitrogens with zero attached hydrogens (tertiary/aromatic N) is 4. The quantitative estimate of drug-likeness (QED) is 0.758. The van der Waals surface area contributed by atoms with E-state index < -0.39 is 0 Å². The molecule has 0 aromatic carbocycles. The third-order valence-electron chi connectivity index (χ3n) is 2.83. The van der Waals surface area contributed by atoms with Crippen LogP contribution in [0.2, 0.25) is 0 Å². The summed E-state index contributed by atoms with van der Waals surface area (Å²) in [5.74, 6) is 0.756. The zero-order chi connectivity index (χ0) is 13.2. The van der Waals surface area contributed by atoms with Crippen LogP contribution in [0.4, 0.5) is 5.69 Å². The lowest BCUT2D eigenvalue weighted by atomic mass is 10.2. The number of aromatic nitrogens is 4. The maximum atomic E-state index is 6.02. The van der Waals surface area contributed by atoms with Gasteiger partial charge < -0.3 is 5.73 Å². The lowest BCUT2D eigenvalue weighted by molar-refractivity contribution is 0.848. The van der Waals surface area contributed by atoms with Crippen LogP contribution >= 0.6 is 0 Å². The molecule has 5 heteroatoms. The lowest BCUT2D eigenvalue weighted by Gasteiger charge is -2.00. The van der Waals surface area contributed by atoms with Crippen molar-refractivity contribution in [1.29, 1.82) is 0 Å². The number of nitrogens with two attached hydrogens (primary N) is 1. The number of pyridine rings is 2. The van der Waals surface area contributed by atoms with Gasteiger partial charge in [-0.1, -0.05) is 0 Å². The third-order valence-corrected chi connectivity index (χ3v) is 2.83. The molecule has 2 N–H and O–H groups in total. The van der Waals surface area contributed by atoms with Crippen molar-refractivity contribution in [2.24, 2.45) is 0 Å². The molecule has 5 nitrogen and oxygen atoms in total. The Hall–Kier alpha value is -2.69. The van der Waals surface area contributed by atoms with E-state index >= 15 is 0 Å². The lowest BCUT2D eigenvalue weighted by Crippen LogP contribution is -1.98. The maximum absolute atomic E-state index is 6.02. The smallest absolute Gasteiger partial charge is 0.153 e. The maximum Gasteiger partial charge on any atom is 0.153 e. The van der Waals surface area contributed by atoms with Crippen molar-refractivity contribution >= 4 is 5.69 Å². The van der Waals surface area contributed by atoms with Crippen LogP contribution in [0.3, 0.4) is 0 Å². The predicted molar refractivity (Wildman–Crippen MR) is 73.7 cm³/mol. The number of rotatable bonds is 2. The molecule has 0 radical (unpaired) electrons. The number of hydrogen-bond acceptors (Lipinski definition) is 4. The van der Waals surface area contributed by atoms with Crippen molar-refractivity contribution in [2.45, 2.75) is 6.92 Å². The summed E-state index contributed by atoms with van der Waals surface area (Å²) in [5, 5.41) is 4.49. The fourth-order valence-electron chi connectivity index (χ4n) is 1.88. The van der Waals surface area contributed by atoms with Gasteiger partial charge in [-0.15, -0.1) is 0 Å². The van der Waals surface area contributed by atoms with Crippen LogP contribution in [0.5, 0.6) is 0 Å². The highest BCUT2D eigenvalue weighted by Crippen LogP contribution is 2.24. The van der Waals surface area contributed by atoms with E-state index in [0.29, 0.717) is 5.69 Å². The molecule has 0 aliphatic rings. The number of aryl methyl sites for hydroxylation is 1. The fraction of sp³-hybridized carbons (Fsp3) is 0.0714. The minimum absolute atomic E-state index is 0.620. The van der Waals surface area contributed by atoms with Crippen molar-refractivity contribution < 1.29 is 0 Å². The number of nitrogen functional groups attached to an aromatic ring is 1. The molecule has 0 unspecified atom stereocenters. The molecule has 19 heavy (non-hydrogen) atoms. The Morgan fingerprint density at radius 2 is 1.89 bits per heavy atom. The molecule has 0 bridgehead atoms. The number of hydrogen-bond donors (Lipinski definition) is 1. The van der Waals surface area contributed by atoms with Crippen molar-refractivity contribution in [3.8, 4) is 17.1 Å². The van der Waals surface area contributed by atoms with Crippen LogP contribution < -0.4 is 5.73 Å². The molecule has 0 fully saturated rings. The molecule has 0 saturated heterocycles. The van der Waals surface area contributed by atoms with Gasteiger partial charge in [0.1, 0.15) is 5.69 Å². The van der Waals surface area contributed by atoms with Crippen molar-refractivity contribution in [2.75, 3.05) is 5.73 Å². The summed E-state index contributed by atoms with van der Waals surface area (Å²) < 4.78 is 1.69. The van der Waals surface area contributed by atoms with Gasteiger partial charge >= 0.3 is 0 Å². The molecule has 3 heterocycles. The molecule has 0 amide bonds. The Bertz CT molecular complexity index is 703. The molecule has 0 atom stereocenters. The van der Waals surface area contributed by atoms with Gasteiger partial charge in [0.15, 0.2) is 5.82 Å². The molecule has 94 valence electrons. The first kappa shape index (κ1) is 11.4. The summed E-state index contributed by atoms with van der Waals surface area (Å²) in [6, 6.07) is 7.67. The highest BCUT2D eigenvalue weighted by molar-refractivity contribution is 5.71. The van der Waals surface area contributed by atoms with Crippen molar-refractivity contribution in [3.05, 3.63) is 54.6 Å². The second-order valence-corrected chi connectivity index (χ2v) is 4.30. The minimum atomic E-state index is 0.620. The van der Waals surface area contributed by atoms with Crippen molar-refractivity contribution in [1.82, 2.24) is 19.7 Å². The Morgan fingerprint density at radius 3 is 2.63 bits per heavy atom. The first-order chi connectivity index (χ1) is 9.24. The van der Waals surface area contributed by atoms with Crippen LogP contribution in [0, 0.1) is 6.92 Å². The van der Waals surface area contributed by atoms with E-state index in [4.69, 9.17) is 5.73 Å². The van der Waals surface area contributed by atoms with E-state index in [9.17, 15) is 0 Å². The Morgan fingerprint density at radius 1 is 1.11 bits per heavy atom. The van der Waals surface area contributed by atoms with Crippen molar-refractivity contribution in [3.63, 3.8) is 0 Å². The summed E-state index contributed by atoms with van der Waals surface area (Å²) in [7, 11) is 0. The molecular weight excluding hydrogens is 238 g/mol. The second-order valence-electron chi connectivity index (χ2n) is 4.30. The minimum Gasteiger partial charge on any atom is -0.396 e. The first-order valence-electron chi connectivity index (χ1n) is 5.92. The van der Waals surface area contributed by atoms with Gasteiger partial charge in [0, 0.05) is 24.2 Å². The summed E-state index contributed by atoms with van der Waals surface area (Å²) >= 11 is 0. The second kappa shape index (κ2) is 4.53. The van der Waals surface area contributed by atoms with Gasteiger partial charge in [-0.05, 0) is 36.8 Å². The molecule has 3 aromatic heterocycles. The topological polar surface area (TPSA) is 69.6 Å². The fourth-order valence-corrected chi connectivity index (χ4v) is 1.88. The summed E-state index contributed by atoms with van der Waals surface area (Å²) in [6.45, 7) is 2.02. The highest BCUT2D eigenvalue weighted by atomic mass is 15.3. The van der Waals surface area contributed by atoms with E-state index in [0.717, 1.165) is 22.6 Å². The molecule has 0 aliphatic heterocycles. The largest absolute Gasteiger partial charge is 0.396 e. The van der Waals surface area contributed by atoms with Crippen LogP contribution in [-0.4, -0.2) is 19.7 Å². The first-order valence-corrected chi connectivity index (χ1v) is 5.92. The van der Waals surface area contributed by atoms with Crippen LogP contribution in [0.15, 0.2) is 49.1 Å². The predicted octanol–water partition coefficient (Wildman–Crippen LogP) is 2.22. The van der Waals surface area contributed by atoms with Gasteiger partial charge in [0.25, 0.3) is 0 Å². The normalized spacial score (nSPS) is 10.6. The molecule has 3 rings (SSSR count). The van der Waals surface area contributed by atoms with E-state index in [1.807, 2.05) is 31.2 Å². The van der Waals surface area contributed by atoms with E-state index in [1.54, 1.807) is 29.5 Å². The van der Waals surface area contributed by atoms with Gasteiger partial charge in [-0.3, -0.25) is 4.98 Å². The Balaban J connectivity index is 2.07. The molecule has 0 saturated carbocycles. The monoisotopic (exact) mass is 251 g/mol. The molecule has 0 spiro atoms. The average Bonchev–Trinajstić information content (AvgIpc) is 2.82. The van der Waals surface area contributed by atoms with Gasteiger partial charge in [-0.2, -0.15) is 5.10 Å². The van der Waals surface area contributed by atoms with Crippen LogP contribution in [-0.2, 0) is 0 Å². The van der Waals surface area contributed by atoms with E-state index in [2.05, 4.69) is 15.1 Å². The standard InChI is InChI=1S/C14H13N5/c1-10-2-7-17-13(8-10)19-9-12(15)14(18-19)11-3-5-16-6-4-11/h2-9H,15H2,1H3.